The molecule has 0 amide bonds. The third-order valence-corrected chi connectivity index (χ3v) is 5.00. The standard InChI is InChI=1S/C13H19NO3S/c1-11-5-3-7-13(9-11)18(15,16)14(2)10-12-6-4-8-17-12/h3,5,7,9,12H,4,6,8,10H2,1-2H3. The van der Waals surface area contributed by atoms with Gasteiger partial charge in [0.15, 0.2) is 0 Å². The van der Waals surface area contributed by atoms with Crippen molar-refractivity contribution < 1.29 is 13.2 Å². The Morgan fingerprint density at radius 2 is 2.22 bits per heavy atom. The molecule has 5 heteroatoms. The van der Waals surface area contributed by atoms with Gasteiger partial charge in [-0.2, -0.15) is 4.31 Å². The van der Waals surface area contributed by atoms with Crippen LogP contribution in [0.4, 0.5) is 0 Å². The van der Waals surface area contributed by atoms with E-state index in [1.807, 2.05) is 13.0 Å². The van der Waals surface area contributed by atoms with Gasteiger partial charge in [0.2, 0.25) is 10.0 Å². The molecule has 1 heterocycles. The summed E-state index contributed by atoms with van der Waals surface area (Å²) in [4.78, 5) is 0.350. The van der Waals surface area contributed by atoms with Crippen molar-refractivity contribution in [2.24, 2.45) is 0 Å². The predicted molar refractivity (Wildman–Crippen MR) is 70.0 cm³/mol. The van der Waals surface area contributed by atoms with E-state index in [1.165, 1.54) is 4.31 Å². The van der Waals surface area contributed by atoms with Crippen molar-refractivity contribution in [2.45, 2.75) is 30.8 Å². The molecule has 0 aliphatic carbocycles. The molecule has 0 aromatic heterocycles. The number of aryl methyl sites for hydroxylation is 1. The molecule has 0 bridgehead atoms. The minimum Gasteiger partial charge on any atom is -0.377 e. The van der Waals surface area contributed by atoms with Crippen molar-refractivity contribution in [3.63, 3.8) is 0 Å². The van der Waals surface area contributed by atoms with E-state index < -0.39 is 10.0 Å². The van der Waals surface area contributed by atoms with E-state index in [-0.39, 0.29) is 6.10 Å². The second-order valence-electron chi connectivity index (χ2n) is 4.74. The normalized spacial score (nSPS) is 20.5. The molecule has 1 fully saturated rings. The highest BCUT2D eigenvalue weighted by Crippen LogP contribution is 2.19. The Morgan fingerprint density at radius 1 is 1.44 bits per heavy atom. The first-order valence-electron chi connectivity index (χ1n) is 6.15. The van der Waals surface area contributed by atoms with E-state index in [2.05, 4.69) is 0 Å². The number of hydrogen-bond acceptors (Lipinski definition) is 3. The first-order valence-corrected chi connectivity index (χ1v) is 7.59. The third-order valence-electron chi connectivity index (χ3n) is 3.18. The van der Waals surface area contributed by atoms with Crippen molar-refractivity contribution in [1.29, 1.82) is 0 Å². The second-order valence-corrected chi connectivity index (χ2v) is 6.78. The summed E-state index contributed by atoms with van der Waals surface area (Å²) in [6.45, 7) is 3.05. The first-order chi connectivity index (χ1) is 8.50. The van der Waals surface area contributed by atoms with Gasteiger partial charge in [0.05, 0.1) is 11.0 Å². The van der Waals surface area contributed by atoms with Gasteiger partial charge in [-0.25, -0.2) is 8.42 Å². The molecule has 100 valence electrons. The summed E-state index contributed by atoms with van der Waals surface area (Å²) in [6.07, 6.45) is 1.99. The van der Waals surface area contributed by atoms with Crippen molar-refractivity contribution in [3.05, 3.63) is 29.8 Å². The van der Waals surface area contributed by atoms with Crippen LogP contribution >= 0.6 is 0 Å². The van der Waals surface area contributed by atoms with Crippen LogP contribution in [0, 0.1) is 6.92 Å². The fourth-order valence-corrected chi connectivity index (χ4v) is 3.44. The lowest BCUT2D eigenvalue weighted by molar-refractivity contribution is 0.0979. The SMILES string of the molecule is Cc1cccc(S(=O)(=O)N(C)CC2CCCO2)c1. The van der Waals surface area contributed by atoms with Crippen molar-refractivity contribution in [2.75, 3.05) is 20.2 Å². The molecule has 0 saturated carbocycles. The van der Waals surface area contributed by atoms with Crippen molar-refractivity contribution >= 4 is 10.0 Å². The summed E-state index contributed by atoms with van der Waals surface area (Å²) in [5, 5.41) is 0. The Bertz CT molecular complexity index is 507. The van der Waals surface area contributed by atoms with Gasteiger partial charge in [-0.15, -0.1) is 0 Å². The number of likely N-dealkylation sites (N-methyl/N-ethyl adjacent to an activating group) is 1. The van der Waals surface area contributed by atoms with Crippen LogP contribution in [0.2, 0.25) is 0 Å². The van der Waals surface area contributed by atoms with Gasteiger partial charge in [-0.3, -0.25) is 0 Å². The molecule has 1 aromatic carbocycles. The van der Waals surface area contributed by atoms with E-state index in [1.54, 1.807) is 25.2 Å². The Hall–Kier alpha value is -0.910. The van der Waals surface area contributed by atoms with Gasteiger partial charge in [-0.05, 0) is 37.5 Å². The Kier molecular flexibility index (Phi) is 4.04. The van der Waals surface area contributed by atoms with Gasteiger partial charge in [0.1, 0.15) is 0 Å². The van der Waals surface area contributed by atoms with Gasteiger partial charge in [0.25, 0.3) is 0 Å². The molecule has 4 nitrogen and oxygen atoms in total. The molecule has 18 heavy (non-hydrogen) atoms. The fraction of sp³-hybridized carbons (Fsp3) is 0.538. The van der Waals surface area contributed by atoms with Crippen LogP contribution in [0.5, 0.6) is 0 Å². The van der Waals surface area contributed by atoms with E-state index in [9.17, 15) is 8.42 Å². The van der Waals surface area contributed by atoms with E-state index >= 15 is 0 Å². The Labute approximate surface area is 109 Å². The molecular weight excluding hydrogens is 250 g/mol. The third kappa shape index (κ3) is 2.91. The summed E-state index contributed by atoms with van der Waals surface area (Å²) in [7, 11) is -1.79. The van der Waals surface area contributed by atoms with Crippen LogP contribution in [-0.2, 0) is 14.8 Å². The summed E-state index contributed by atoms with van der Waals surface area (Å²) in [5.41, 5.74) is 0.946. The summed E-state index contributed by atoms with van der Waals surface area (Å²) >= 11 is 0. The van der Waals surface area contributed by atoms with Crippen LogP contribution in [0.3, 0.4) is 0 Å². The zero-order valence-corrected chi connectivity index (χ0v) is 11.6. The molecule has 1 saturated heterocycles. The number of sulfonamides is 1. The predicted octanol–water partition coefficient (Wildman–Crippen LogP) is 1.79. The molecule has 1 aliphatic rings. The van der Waals surface area contributed by atoms with E-state index in [4.69, 9.17) is 4.74 Å². The van der Waals surface area contributed by atoms with Gasteiger partial charge in [0, 0.05) is 20.2 Å². The monoisotopic (exact) mass is 269 g/mol. The molecule has 0 radical (unpaired) electrons. The highest BCUT2D eigenvalue weighted by molar-refractivity contribution is 7.89. The maximum absolute atomic E-state index is 12.3. The average molecular weight is 269 g/mol. The Morgan fingerprint density at radius 3 is 2.83 bits per heavy atom. The first kappa shape index (κ1) is 13.5. The fourth-order valence-electron chi connectivity index (χ4n) is 2.13. The van der Waals surface area contributed by atoms with Crippen LogP contribution < -0.4 is 0 Å². The Balaban J connectivity index is 2.14. The molecule has 1 unspecified atom stereocenters. The van der Waals surface area contributed by atoms with Crippen LogP contribution in [0.25, 0.3) is 0 Å². The van der Waals surface area contributed by atoms with Crippen molar-refractivity contribution in [3.8, 4) is 0 Å². The lowest BCUT2D eigenvalue weighted by Gasteiger charge is -2.20. The van der Waals surface area contributed by atoms with Crippen molar-refractivity contribution in [1.82, 2.24) is 4.31 Å². The summed E-state index contributed by atoms with van der Waals surface area (Å²) in [5.74, 6) is 0. The minimum absolute atomic E-state index is 0.0367. The van der Waals surface area contributed by atoms with Gasteiger partial charge < -0.3 is 4.74 Å². The van der Waals surface area contributed by atoms with E-state index in [0.29, 0.717) is 11.4 Å². The lowest BCUT2D eigenvalue weighted by atomic mass is 10.2. The summed E-state index contributed by atoms with van der Waals surface area (Å²) in [6, 6.07) is 6.98. The molecule has 2 rings (SSSR count). The number of hydrogen-bond donors (Lipinski definition) is 0. The smallest absolute Gasteiger partial charge is 0.242 e. The maximum Gasteiger partial charge on any atom is 0.242 e. The maximum atomic E-state index is 12.3. The van der Waals surface area contributed by atoms with Crippen LogP contribution in [-0.4, -0.2) is 39.0 Å². The highest BCUT2D eigenvalue weighted by Gasteiger charge is 2.25. The molecule has 1 aromatic rings. The molecule has 0 spiro atoms. The van der Waals surface area contributed by atoms with E-state index in [0.717, 1.165) is 25.0 Å². The van der Waals surface area contributed by atoms with Gasteiger partial charge >= 0.3 is 0 Å². The number of benzene rings is 1. The number of nitrogens with zero attached hydrogens (tertiary/aromatic N) is 1. The molecule has 0 N–H and O–H groups in total. The molecule has 1 aliphatic heterocycles. The summed E-state index contributed by atoms with van der Waals surface area (Å²) < 4.78 is 31.5. The van der Waals surface area contributed by atoms with Gasteiger partial charge in [-0.1, -0.05) is 12.1 Å². The average Bonchev–Trinajstić information content (AvgIpc) is 2.81. The molecule has 1 atom stereocenters. The minimum atomic E-state index is -3.40. The zero-order valence-electron chi connectivity index (χ0n) is 10.8. The largest absolute Gasteiger partial charge is 0.377 e. The zero-order chi connectivity index (χ0) is 13.2. The number of rotatable bonds is 4. The van der Waals surface area contributed by atoms with Crippen LogP contribution in [0.1, 0.15) is 18.4 Å². The number of ether oxygens (including phenoxy) is 1. The second kappa shape index (κ2) is 5.38. The topological polar surface area (TPSA) is 46.6 Å². The highest BCUT2D eigenvalue weighted by atomic mass is 32.2. The quantitative estimate of drug-likeness (QED) is 0.837. The lowest BCUT2D eigenvalue weighted by Crippen LogP contribution is -2.34. The molecular formula is C13H19NO3S. The van der Waals surface area contributed by atoms with Crippen LogP contribution in [0.15, 0.2) is 29.2 Å².